The fourth-order valence-corrected chi connectivity index (χ4v) is 4.55. The first-order valence-corrected chi connectivity index (χ1v) is 10.9. The second-order valence-corrected chi connectivity index (χ2v) is 8.51. The summed E-state index contributed by atoms with van der Waals surface area (Å²) in [5.41, 5.74) is 2.71. The minimum absolute atomic E-state index is 0.0796. The zero-order valence-electron chi connectivity index (χ0n) is 17.9. The Morgan fingerprint density at radius 1 is 1.03 bits per heavy atom. The van der Waals surface area contributed by atoms with Crippen molar-refractivity contribution in [2.75, 3.05) is 44.2 Å². The maximum Gasteiger partial charge on any atom is 0.270 e. The Morgan fingerprint density at radius 3 is 2.37 bits per heavy atom. The van der Waals surface area contributed by atoms with Gasteiger partial charge >= 0.3 is 0 Å². The Hall–Kier alpha value is -2.83. The van der Waals surface area contributed by atoms with Crippen molar-refractivity contribution in [2.24, 2.45) is 5.92 Å². The van der Waals surface area contributed by atoms with Crippen molar-refractivity contribution < 1.29 is 9.59 Å². The van der Waals surface area contributed by atoms with Crippen molar-refractivity contribution in [2.45, 2.75) is 33.1 Å². The summed E-state index contributed by atoms with van der Waals surface area (Å²) in [5.74, 6) is 1.67. The molecule has 0 aromatic carbocycles. The Kier molecular flexibility index (Phi) is 6.06. The third kappa shape index (κ3) is 4.50. The number of piperazine rings is 1. The number of nitrogens with zero attached hydrogens (tertiary/aromatic N) is 4. The van der Waals surface area contributed by atoms with E-state index < -0.39 is 0 Å². The molecule has 2 fully saturated rings. The third-order valence-electron chi connectivity index (χ3n) is 6.33. The molecule has 160 valence electrons. The van der Waals surface area contributed by atoms with Gasteiger partial charge < -0.3 is 19.7 Å². The summed E-state index contributed by atoms with van der Waals surface area (Å²) in [6, 6.07) is 7.94. The van der Waals surface area contributed by atoms with Crippen LogP contribution in [0.3, 0.4) is 0 Å². The van der Waals surface area contributed by atoms with E-state index in [1.54, 1.807) is 0 Å². The van der Waals surface area contributed by atoms with Gasteiger partial charge in [-0.3, -0.25) is 9.59 Å². The highest BCUT2D eigenvalue weighted by Crippen LogP contribution is 2.24. The molecule has 0 saturated carbocycles. The number of rotatable bonds is 4. The number of H-pyrrole nitrogens is 1. The number of hydrogen-bond donors (Lipinski definition) is 1. The fraction of sp³-hybridized carbons (Fsp3) is 0.522. The third-order valence-corrected chi connectivity index (χ3v) is 6.33. The van der Waals surface area contributed by atoms with Crippen LogP contribution in [0.4, 0.5) is 5.82 Å². The number of carbonyl (C=O) groups is 2. The number of aromatic amines is 1. The highest BCUT2D eigenvalue weighted by atomic mass is 16.2. The molecule has 7 heteroatoms. The van der Waals surface area contributed by atoms with Gasteiger partial charge in [0.05, 0.1) is 0 Å². The number of anilines is 1. The van der Waals surface area contributed by atoms with E-state index in [2.05, 4.69) is 14.9 Å². The lowest BCUT2D eigenvalue weighted by Crippen LogP contribution is -2.49. The maximum atomic E-state index is 12.8. The van der Waals surface area contributed by atoms with Gasteiger partial charge in [-0.05, 0) is 56.4 Å². The molecule has 2 aliphatic rings. The molecule has 0 radical (unpaired) electrons. The predicted octanol–water partition coefficient (Wildman–Crippen LogP) is 2.62. The lowest BCUT2D eigenvalue weighted by atomic mass is 9.92. The quantitative estimate of drug-likeness (QED) is 0.843. The first-order chi connectivity index (χ1) is 14.5. The molecular weight excluding hydrogens is 378 g/mol. The van der Waals surface area contributed by atoms with Crippen LogP contribution in [-0.4, -0.2) is 70.9 Å². The molecule has 1 N–H and O–H groups in total. The molecule has 4 rings (SSSR count). The first kappa shape index (κ1) is 20.4. The van der Waals surface area contributed by atoms with Crippen LogP contribution in [0.2, 0.25) is 0 Å². The van der Waals surface area contributed by atoms with E-state index in [0.29, 0.717) is 18.0 Å². The lowest BCUT2D eigenvalue weighted by molar-refractivity contribution is -0.132. The number of likely N-dealkylation sites (tertiary alicyclic amines) is 1. The molecule has 2 aliphatic heterocycles. The van der Waals surface area contributed by atoms with Gasteiger partial charge in [0.2, 0.25) is 5.91 Å². The summed E-state index contributed by atoms with van der Waals surface area (Å²) in [4.78, 5) is 39.3. The van der Waals surface area contributed by atoms with Crippen LogP contribution >= 0.6 is 0 Å². The molecule has 2 aromatic rings. The van der Waals surface area contributed by atoms with Crippen molar-refractivity contribution >= 4 is 17.6 Å². The van der Waals surface area contributed by atoms with Gasteiger partial charge in [0, 0.05) is 57.6 Å². The Labute approximate surface area is 178 Å². The van der Waals surface area contributed by atoms with Gasteiger partial charge in [0.15, 0.2) is 0 Å². The normalized spacial score (nSPS) is 18.0. The molecule has 0 bridgehead atoms. The zero-order chi connectivity index (χ0) is 21.1. The Balaban J connectivity index is 1.23. The summed E-state index contributed by atoms with van der Waals surface area (Å²) in [7, 11) is 0. The Bertz CT molecular complexity index is 878. The molecule has 4 heterocycles. The predicted molar refractivity (Wildman–Crippen MR) is 117 cm³/mol. The number of aryl methyl sites for hydroxylation is 2. The number of aromatic nitrogens is 2. The molecule has 2 amide bonds. The van der Waals surface area contributed by atoms with Gasteiger partial charge in [0.25, 0.3) is 5.91 Å². The number of piperidine rings is 1. The monoisotopic (exact) mass is 409 g/mol. The largest absolute Gasteiger partial charge is 0.354 e. The van der Waals surface area contributed by atoms with Crippen molar-refractivity contribution in [3.8, 4) is 0 Å². The first-order valence-electron chi connectivity index (χ1n) is 10.9. The highest BCUT2D eigenvalue weighted by Gasteiger charge is 2.29. The van der Waals surface area contributed by atoms with Gasteiger partial charge in [0.1, 0.15) is 11.5 Å². The van der Waals surface area contributed by atoms with Crippen LogP contribution in [0, 0.1) is 19.8 Å². The summed E-state index contributed by atoms with van der Waals surface area (Å²) < 4.78 is 0. The van der Waals surface area contributed by atoms with E-state index in [9.17, 15) is 9.59 Å². The number of hydrogen-bond acceptors (Lipinski definition) is 4. The summed E-state index contributed by atoms with van der Waals surface area (Å²) in [6.45, 7) is 8.53. The summed E-state index contributed by atoms with van der Waals surface area (Å²) >= 11 is 0. The van der Waals surface area contributed by atoms with Gasteiger partial charge in [-0.1, -0.05) is 6.07 Å². The van der Waals surface area contributed by atoms with E-state index in [1.165, 1.54) is 0 Å². The second-order valence-electron chi connectivity index (χ2n) is 8.51. The van der Waals surface area contributed by atoms with Gasteiger partial charge in [-0.25, -0.2) is 4.98 Å². The van der Waals surface area contributed by atoms with Crippen LogP contribution in [0.15, 0.2) is 30.5 Å². The van der Waals surface area contributed by atoms with Crippen LogP contribution in [-0.2, 0) is 4.79 Å². The van der Waals surface area contributed by atoms with E-state index >= 15 is 0 Å². The Morgan fingerprint density at radius 2 is 1.77 bits per heavy atom. The standard InChI is InChI=1S/C23H31N5O2/c1-17-15-18(2)25-22(17)23(30)28-9-6-19(7-10-28)16-21(29)27-13-11-26(12-14-27)20-5-3-4-8-24-20/h3-5,8,15,19,25H,6-7,9-14,16H2,1-2H3. The van der Waals surface area contributed by atoms with E-state index in [4.69, 9.17) is 0 Å². The van der Waals surface area contributed by atoms with E-state index in [1.807, 2.05) is 54.1 Å². The minimum Gasteiger partial charge on any atom is -0.354 e. The highest BCUT2D eigenvalue weighted by molar-refractivity contribution is 5.94. The van der Waals surface area contributed by atoms with Crippen molar-refractivity contribution in [1.29, 1.82) is 0 Å². The number of nitrogens with one attached hydrogen (secondary N) is 1. The minimum atomic E-state index is 0.0796. The number of carbonyl (C=O) groups excluding carboxylic acids is 2. The molecule has 2 aromatic heterocycles. The lowest BCUT2D eigenvalue weighted by Gasteiger charge is -2.37. The van der Waals surface area contributed by atoms with Gasteiger partial charge in [-0.2, -0.15) is 0 Å². The molecule has 0 unspecified atom stereocenters. The van der Waals surface area contributed by atoms with Crippen LogP contribution in [0.5, 0.6) is 0 Å². The second kappa shape index (κ2) is 8.90. The van der Waals surface area contributed by atoms with E-state index in [0.717, 1.165) is 69.2 Å². The molecule has 0 spiro atoms. The van der Waals surface area contributed by atoms with Crippen LogP contribution < -0.4 is 4.90 Å². The van der Waals surface area contributed by atoms with Crippen LogP contribution in [0.25, 0.3) is 0 Å². The number of amides is 2. The smallest absolute Gasteiger partial charge is 0.270 e. The summed E-state index contributed by atoms with van der Waals surface area (Å²) in [6.07, 6.45) is 4.18. The van der Waals surface area contributed by atoms with Crippen molar-refractivity contribution in [1.82, 2.24) is 19.8 Å². The molecular formula is C23H31N5O2. The molecule has 30 heavy (non-hydrogen) atoms. The van der Waals surface area contributed by atoms with E-state index in [-0.39, 0.29) is 11.8 Å². The fourth-order valence-electron chi connectivity index (χ4n) is 4.55. The SMILES string of the molecule is Cc1cc(C)c(C(=O)N2CCC(CC(=O)N3CCN(c4ccccn4)CC3)CC2)[nH]1. The maximum absolute atomic E-state index is 12.8. The molecule has 2 saturated heterocycles. The van der Waals surface area contributed by atoms with Crippen molar-refractivity contribution in [3.63, 3.8) is 0 Å². The molecule has 0 aliphatic carbocycles. The molecule has 7 nitrogen and oxygen atoms in total. The summed E-state index contributed by atoms with van der Waals surface area (Å²) in [5, 5.41) is 0. The molecule has 0 atom stereocenters. The van der Waals surface area contributed by atoms with Gasteiger partial charge in [-0.15, -0.1) is 0 Å². The average molecular weight is 410 g/mol. The average Bonchev–Trinajstić information content (AvgIpc) is 3.12. The van der Waals surface area contributed by atoms with Crippen LogP contribution in [0.1, 0.15) is 41.0 Å². The number of pyridine rings is 1. The topological polar surface area (TPSA) is 72.5 Å². The van der Waals surface area contributed by atoms with Crippen molar-refractivity contribution in [3.05, 3.63) is 47.4 Å². The zero-order valence-corrected chi connectivity index (χ0v) is 17.9.